The molecule has 10 heteroatoms. The Morgan fingerprint density at radius 2 is 2.15 bits per heavy atom. The zero-order chi connectivity index (χ0) is 19.4. The van der Waals surface area contributed by atoms with Crippen molar-refractivity contribution in [3.05, 3.63) is 58.8 Å². The quantitative estimate of drug-likeness (QED) is 0.447. The summed E-state index contributed by atoms with van der Waals surface area (Å²) in [6.45, 7) is 3.76. The van der Waals surface area contributed by atoms with Crippen LogP contribution in [0.3, 0.4) is 0 Å². The highest BCUT2D eigenvalue weighted by Crippen LogP contribution is 2.13. The third kappa shape index (κ3) is 4.06. The van der Waals surface area contributed by atoms with Gasteiger partial charge in [0.15, 0.2) is 5.69 Å². The fourth-order valence-corrected chi connectivity index (χ4v) is 2.33. The number of benzene rings is 1. The molecule has 0 aliphatic rings. The molecule has 0 bridgehead atoms. The van der Waals surface area contributed by atoms with E-state index in [2.05, 4.69) is 30.8 Å². The minimum Gasteiger partial charge on any atom is -0.507 e. The predicted octanol–water partition coefficient (Wildman–Crippen LogP) is 0.785. The first-order valence-electron chi connectivity index (χ1n) is 8.05. The molecule has 0 spiro atoms. The molecule has 0 aliphatic carbocycles. The molecule has 1 aromatic carbocycles. The Hall–Kier alpha value is -3.82. The van der Waals surface area contributed by atoms with Crippen LogP contribution in [0.1, 0.15) is 33.1 Å². The van der Waals surface area contributed by atoms with Crippen molar-refractivity contribution >= 4 is 17.9 Å². The van der Waals surface area contributed by atoms with Gasteiger partial charge in [0.25, 0.3) is 5.91 Å². The van der Waals surface area contributed by atoms with Gasteiger partial charge in [0.1, 0.15) is 17.4 Å². The van der Waals surface area contributed by atoms with Crippen molar-refractivity contribution in [3.8, 4) is 5.75 Å². The summed E-state index contributed by atoms with van der Waals surface area (Å²) >= 11 is 0. The van der Waals surface area contributed by atoms with Crippen molar-refractivity contribution in [1.82, 2.24) is 30.4 Å². The van der Waals surface area contributed by atoms with Crippen LogP contribution in [0, 0.1) is 13.8 Å². The normalized spacial score (nSPS) is 11.0. The van der Waals surface area contributed by atoms with Gasteiger partial charge in [0.2, 0.25) is 0 Å². The van der Waals surface area contributed by atoms with Crippen molar-refractivity contribution in [1.29, 1.82) is 0 Å². The molecule has 138 valence electrons. The summed E-state index contributed by atoms with van der Waals surface area (Å²) in [6.07, 6.45) is 2.96. The maximum atomic E-state index is 12.3. The number of carbonyl (C=O) groups is 1. The second-order valence-electron chi connectivity index (χ2n) is 5.77. The van der Waals surface area contributed by atoms with Crippen LogP contribution in [0.2, 0.25) is 0 Å². The molecule has 0 unspecified atom stereocenters. The lowest BCUT2D eigenvalue weighted by Crippen LogP contribution is -2.19. The summed E-state index contributed by atoms with van der Waals surface area (Å²) in [7, 11) is 0. The van der Waals surface area contributed by atoms with Crippen LogP contribution in [0.25, 0.3) is 0 Å². The highest BCUT2D eigenvalue weighted by molar-refractivity contribution is 5.94. The second kappa shape index (κ2) is 7.60. The average molecular weight is 366 g/mol. The van der Waals surface area contributed by atoms with E-state index in [1.165, 1.54) is 17.0 Å². The van der Waals surface area contributed by atoms with Gasteiger partial charge in [-0.3, -0.25) is 4.79 Å². The van der Waals surface area contributed by atoms with Crippen LogP contribution in [0.15, 0.2) is 35.6 Å². The molecule has 0 radical (unpaired) electrons. The summed E-state index contributed by atoms with van der Waals surface area (Å²) in [5, 5.41) is 21.4. The van der Waals surface area contributed by atoms with E-state index in [0.29, 0.717) is 35.0 Å². The zero-order valence-electron chi connectivity index (χ0n) is 14.8. The minimum absolute atomic E-state index is 0.0653. The van der Waals surface area contributed by atoms with Crippen LogP contribution in [0.5, 0.6) is 5.75 Å². The summed E-state index contributed by atoms with van der Waals surface area (Å²) in [5.74, 6) is 0.485. The fraction of sp³-hybridized carbons (Fsp3) is 0.176. The van der Waals surface area contributed by atoms with E-state index in [4.69, 9.17) is 5.73 Å². The Bertz CT molecular complexity index is 1010. The molecule has 0 saturated carbocycles. The molecule has 4 N–H and O–H groups in total. The predicted molar refractivity (Wildman–Crippen MR) is 98.2 cm³/mol. The summed E-state index contributed by atoms with van der Waals surface area (Å²) < 4.78 is 1.53. The van der Waals surface area contributed by atoms with Gasteiger partial charge in [-0.2, -0.15) is 5.10 Å². The lowest BCUT2D eigenvalue weighted by molar-refractivity contribution is 0.0949. The number of anilines is 1. The van der Waals surface area contributed by atoms with Crippen LogP contribution in [-0.4, -0.2) is 42.2 Å². The number of aromatic nitrogens is 5. The Morgan fingerprint density at radius 1 is 1.37 bits per heavy atom. The van der Waals surface area contributed by atoms with Crippen molar-refractivity contribution < 1.29 is 9.90 Å². The number of amides is 1. The SMILES string of the molecule is Cc1ncc(Cn2nnc(C(=O)N/N=C/c3ccccc3O)c2C)c(N)n1. The largest absolute Gasteiger partial charge is 0.507 e. The number of phenols is 1. The zero-order valence-corrected chi connectivity index (χ0v) is 14.8. The van der Waals surface area contributed by atoms with Gasteiger partial charge in [0.05, 0.1) is 18.5 Å². The number of nitrogens with two attached hydrogens (primary N) is 1. The number of carbonyl (C=O) groups excluding carboxylic acids is 1. The molecule has 3 rings (SSSR count). The molecule has 2 heterocycles. The topological polar surface area (TPSA) is 144 Å². The first-order valence-corrected chi connectivity index (χ1v) is 8.05. The number of hydrogen-bond acceptors (Lipinski definition) is 8. The molecule has 1 amide bonds. The van der Waals surface area contributed by atoms with E-state index in [-0.39, 0.29) is 11.4 Å². The van der Waals surface area contributed by atoms with E-state index >= 15 is 0 Å². The number of nitrogens with zero attached hydrogens (tertiary/aromatic N) is 6. The van der Waals surface area contributed by atoms with E-state index < -0.39 is 5.91 Å². The number of para-hydroxylation sites is 1. The van der Waals surface area contributed by atoms with E-state index in [9.17, 15) is 9.90 Å². The van der Waals surface area contributed by atoms with E-state index in [0.717, 1.165) is 0 Å². The monoisotopic (exact) mass is 366 g/mol. The Morgan fingerprint density at radius 3 is 2.89 bits per heavy atom. The van der Waals surface area contributed by atoms with Crippen molar-refractivity contribution in [2.24, 2.45) is 5.10 Å². The third-order valence-electron chi connectivity index (χ3n) is 3.84. The maximum Gasteiger partial charge on any atom is 0.293 e. The number of rotatable bonds is 5. The van der Waals surface area contributed by atoms with Gasteiger partial charge < -0.3 is 10.8 Å². The number of hydrazone groups is 1. The van der Waals surface area contributed by atoms with Gasteiger partial charge >= 0.3 is 0 Å². The van der Waals surface area contributed by atoms with Crippen LogP contribution in [0.4, 0.5) is 5.82 Å². The van der Waals surface area contributed by atoms with Crippen molar-refractivity contribution in [2.75, 3.05) is 5.73 Å². The van der Waals surface area contributed by atoms with Crippen LogP contribution in [-0.2, 0) is 6.54 Å². The molecule has 0 aliphatic heterocycles. The molecule has 0 saturated heterocycles. The Labute approximate surface area is 154 Å². The molecule has 27 heavy (non-hydrogen) atoms. The van der Waals surface area contributed by atoms with Crippen molar-refractivity contribution in [3.63, 3.8) is 0 Å². The molecule has 0 atom stereocenters. The number of nitrogens with one attached hydrogen (secondary N) is 1. The molecule has 0 fully saturated rings. The summed E-state index contributed by atoms with van der Waals surface area (Å²) in [6, 6.07) is 6.64. The first kappa shape index (κ1) is 18.0. The van der Waals surface area contributed by atoms with E-state index in [1.807, 2.05) is 0 Å². The summed E-state index contributed by atoms with van der Waals surface area (Å²) in [4.78, 5) is 20.5. The molecule has 3 aromatic rings. The third-order valence-corrected chi connectivity index (χ3v) is 3.84. The van der Waals surface area contributed by atoms with Gasteiger partial charge in [-0.25, -0.2) is 20.1 Å². The first-order chi connectivity index (χ1) is 13.0. The maximum absolute atomic E-state index is 12.3. The smallest absolute Gasteiger partial charge is 0.293 e. The molecule has 10 nitrogen and oxygen atoms in total. The van der Waals surface area contributed by atoms with E-state index in [1.54, 1.807) is 38.2 Å². The number of hydrogen-bond donors (Lipinski definition) is 3. The number of aromatic hydroxyl groups is 1. The minimum atomic E-state index is -0.515. The average Bonchev–Trinajstić information content (AvgIpc) is 2.99. The highest BCUT2D eigenvalue weighted by Gasteiger charge is 2.17. The number of aryl methyl sites for hydroxylation is 1. The van der Waals surface area contributed by atoms with Crippen molar-refractivity contribution in [2.45, 2.75) is 20.4 Å². The van der Waals surface area contributed by atoms with Gasteiger partial charge in [-0.1, -0.05) is 17.3 Å². The lowest BCUT2D eigenvalue weighted by Gasteiger charge is -2.06. The van der Waals surface area contributed by atoms with Gasteiger partial charge in [-0.05, 0) is 26.0 Å². The van der Waals surface area contributed by atoms with Gasteiger partial charge in [-0.15, -0.1) is 5.10 Å². The lowest BCUT2D eigenvalue weighted by atomic mass is 10.2. The fourth-order valence-electron chi connectivity index (χ4n) is 2.33. The molecular weight excluding hydrogens is 348 g/mol. The number of nitrogen functional groups attached to an aromatic ring is 1. The van der Waals surface area contributed by atoms with Gasteiger partial charge in [0, 0.05) is 17.3 Å². The molecular formula is C17H18N8O2. The molecule has 2 aromatic heterocycles. The summed E-state index contributed by atoms with van der Waals surface area (Å²) in [5.41, 5.74) is 10.1. The Kier molecular flexibility index (Phi) is 5.06. The number of phenolic OH excluding ortho intramolecular Hbond substituents is 1. The highest BCUT2D eigenvalue weighted by atomic mass is 16.3. The Balaban J connectivity index is 1.71. The standard InChI is InChI=1S/C17H18N8O2/c1-10-15(17(27)23-20-8-12-5-3-4-6-14(12)26)22-24-25(10)9-13-7-19-11(2)21-16(13)18/h3-8,26H,9H2,1-2H3,(H,23,27)(H2,18,19,21)/b20-8+. The second-order valence-corrected chi connectivity index (χ2v) is 5.77. The van der Waals surface area contributed by atoms with Crippen LogP contribution >= 0.6 is 0 Å². The van der Waals surface area contributed by atoms with Crippen LogP contribution < -0.4 is 11.2 Å².